The van der Waals surface area contributed by atoms with Gasteiger partial charge in [-0.05, 0) is 81.1 Å². The molecule has 0 spiro atoms. The second-order valence-electron chi connectivity index (χ2n) is 10.8. The molecule has 4 rings (SSSR count). The van der Waals surface area contributed by atoms with Gasteiger partial charge < -0.3 is 10.2 Å². The lowest BCUT2D eigenvalue weighted by molar-refractivity contribution is -0.139. The summed E-state index contributed by atoms with van der Waals surface area (Å²) >= 11 is 0. The second kappa shape index (κ2) is 13.3. The summed E-state index contributed by atoms with van der Waals surface area (Å²) in [6.07, 6.45) is 5.07. The molecule has 1 saturated carbocycles. The van der Waals surface area contributed by atoms with Crippen LogP contribution in [0, 0.1) is 19.7 Å². The van der Waals surface area contributed by atoms with E-state index in [9.17, 15) is 22.4 Å². The Hall–Kier alpha value is -3.72. The smallest absolute Gasteiger partial charge is 0.264 e. The molecular weight excluding hydrogens is 541 g/mol. The predicted molar refractivity (Wildman–Crippen MR) is 158 cm³/mol. The van der Waals surface area contributed by atoms with E-state index >= 15 is 0 Å². The van der Waals surface area contributed by atoms with Gasteiger partial charge in [0.25, 0.3) is 10.0 Å². The predicted octanol–water partition coefficient (Wildman–Crippen LogP) is 5.50. The fourth-order valence-electron chi connectivity index (χ4n) is 5.10. The molecule has 0 radical (unpaired) electrons. The van der Waals surface area contributed by atoms with Crippen LogP contribution in [0.2, 0.25) is 0 Å². The van der Waals surface area contributed by atoms with Crippen molar-refractivity contribution < 1.29 is 22.4 Å². The first-order chi connectivity index (χ1) is 19.6. The molecule has 1 aliphatic rings. The SMILES string of the molecule is Cc1ccc(N(CC(=O)N(Cc2ccccc2C)[C@@H](C)C(=O)NC2CCCCC2)S(=O)(=O)c2ccc(F)cc2)cc1. The molecule has 41 heavy (non-hydrogen) atoms. The monoisotopic (exact) mass is 579 g/mol. The molecule has 0 heterocycles. The summed E-state index contributed by atoms with van der Waals surface area (Å²) < 4.78 is 42.3. The molecule has 9 heteroatoms. The van der Waals surface area contributed by atoms with Crippen LogP contribution < -0.4 is 9.62 Å². The first kappa shape index (κ1) is 30.2. The molecule has 3 aromatic rings. The van der Waals surface area contributed by atoms with Crippen LogP contribution in [0.15, 0.2) is 77.7 Å². The van der Waals surface area contributed by atoms with Crippen LogP contribution in [-0.4, -0.2) is 43.8 Å². The molecule has 218 valence electrons. The molecule has 0 aliphatic heterocycles. The van der Waals surface area contributed by atoms with Gasteiger partial charge in [0, 0.05) is 12.6 Å². The Morgan fingerprint density at radius 3 is 2.20 bits per heavy atom. The first-order valence-electron chi connectivity index (χ1n) is 14.1. The standard InChI is InChI=1S/C32H38FN3O4S/c1-23-13-17-29(18-14-23)36(41(39,40)30-19-15-27(33)16-20-30)22-31(37)35(21-26-10-8-7-9-24(26)2)25(3)32(38)34-28-11-5-4-6-12-28/h7-10,13-20,25,28H,4-6,11-12,21-22H2,1-3H3,(H,34,38)/t25-/m0/s1. The molecular formula is C32H38FN3O4S. The number of carbonyl (C=O) groups is 2. The van der Waals surface area contributed by atoms with E-state index in [1.54, 1.807) is 31.2 Å². The van der Waals surface area contributed by atoms with Crippen molar-refractivity contribution in [2.75, 3.05) is 10.8 Å². The van der Waals surface area contributed by atoms with Crippen LogP contribution in [0.3, 0.4) is 0 Å². The lowest BCUT2D eigenvalue weighted by Crippen LogP contribution is -2.53. The zero-order chi connectivity index (χ0) is 29.6. The van der Waals surface area contributed by atoms with Gasteiger partial charge in [0.15, 0.2) is 0 Å². The molecule has 0 aromatic heterocycles. The highest BCUT2D eigenvalue weighted by Gasteiger charge is 2.33. The number of nitrogens with zero attached hydrogens (tertiary/aromatic N) is 2. The van der Waals surface area contributed by atoms with Crippen LogP contribution in [-0.2, 0) is 26.2 Å². The normalized spacial score (nSPS) is 14.7. The summed E-state index contributed by atoms with van der Waals surface area (Å²) in [6, 6.07) is 18.1. The van der Waals surface area contributed by atoms with Gasteiger partial charge in [-0.1, -0.05) is 61.2 Å². The lowest BCUT2D eigenvalue weighted by atomic mass is 9.95. The summed E-state index contributed by atoms with van der Waals surface area (Å²) in [5.41, 5.74) is 3.04. The highest BCUT2D eigenvalue weighted by Crippen LogP contribution is 2.26. The Labute approximate surface area is 242 Å². The number of sulfonamides is 1. The van der Waals surface area contributed by atoms with Gasteiger partial charge in [-0.2, -0.15) is 0 Å². The Kier molecular flexibility index (Phi) is 9.81. The van der Waals surface area contributed by atoms with Crippen molar-refractivity contribution in [3.63, 3.8) is 0 Å². The number of carbonyl (C=O) groups excluding carboxylic acids is 2. The first-order valence-corrected chi connectivity index (χ1v) is 15.5. The lowest BCUT2D eigenvalue weighted by Gasteiger charge is -2.33. The van der Waals surface area contributed by atoms with Crippen molar-refractivity contribution in [2.45, 2.75) is 76.4 Å². The van der Waals surface area contributed by atoms with Gasteiger partial charge in [-0.3, -0.25) is 13.9 Å². The zero-order valence-corrected chi connectivity index (χ0v) is 24.7. The third-order valence-electron chi connectivity index (χ3n) is 7.72. The van der Waals surface area contributed by atoms with Gasteiger partial charge in [-0.25, -0.2) is 12.8 Å². The maximum atomic E-state index is 14.1. The Bertz CT molecular complexity index is 1450. The summed E-state index contributed by atoms with van der Waals surface area (Å²) in [5.74, 6) is -1.35. The number of amides is 2. The third kappa shape index (κ3) is 7.52. The second-order valence-corrected chi connectivity index (χ2v) is 12.6. The number of aryl methyl sites for hydroxylation is 2. The zero-order valence-electron chi connectivity index (χ0n) is 23.8. The van der Waals surface area contributed by atoms with Gasteiger partial charge in [0.05, 0.1) is 10.6 Å². The van der Waals surface area contributed by atoms with Crippen LogP contribution in [0.1, 0.15) is 55.7 Å². The summed E-state index contributed by atoms with van der Waals surface area (Å²) in [6.45, 7) is 5.10. The van der Waals surface area contributed by atoms with E-state index in [0.717, 1.165) is 65.2 Å². The van der Waals surface area contributed by atoms with Crippen LogP contribution in [0.4, 0.5) is 10.1 Å². The minimum atomic E-state index is -4.24. The average molecular weight is 580 g/mol. The number of nitrogens with one attached hydrogen (secondary N) is 1. The van der Waals surface area contributed by atoms with Gasteiger partial charge in [-0.15, -0.1) is 0 Å². The van der Waals surface area contributed by atoms with E-state index in [2.05, 4.69) is 5.32 Å². The summed E-state index contributed by atoms with van der Waals surface area (Å²) in [5, 5.41) is 3.11. The number of hydrogen-bond acceptors (Lipinski definition) is 4. The van der Waals surface area contributed by atoms with Crippen LogP contribution in [0.5, 0.6) is 0 Å². The largest absolute Gasteiger partial charge is 0.352 e. The third-order valence-corrected chi connectivity index (χ3v) is 9.51. The molecule has 0 saturated heterocycles. The van der Waals surface area contributed by atoms with Gasteiger partial charge >= 0.3 is 0 Å². The molecule has 2 amide bonds. The fourth-order valence-corrected chi connectivity index (χ4v) is 6.51. The molecule has 3 aromatic carbocycles. The molecule has 1 aliphatic carbocycles. The highest BCUT2D eigenvalue weighted by molar-refractivity contribution is 7.92. The van der Waals surface area contributed by atoms with Gasteiger partial charge in [0.2, 0.25) is 11.8 Å². The van der Waals surface area contributed by atoms with E-state index < -0.39 is 34.3 Å². The molecule has 0 bridgehead atoms. The van der Waals surface area contributed by atoms with Crippen molar-refractivity contribution in [3.05, 3.63) is 95.3 Å². The number of benzene rings is 3. The van der Waals surface area contributed by atoms with Crippen molar-refractivity contribution in [1.29, 1.82) is 0 Å². The van der Waals surface area contributed by atoms with Crippen LogP contribution >= 0.6 is 0 Å². The number of halogens is 1. The molecule has 1 fully saturated rings. The summed E-state index contributed by atoms with van der Waals surface area (Å²) in [4.78, 5) is 28.8. The quantitative estimate of drug-likeness (QED) is 0.344. The van der Waals surface area contributed by atoms with E-state index in [-0.39, 0.29) is 23.4 Å². The van der Waals surface area contributed by atoms with Crippen molar-refractivity contribution in [1.82, 2.24) is 10.2 Å². The molecule has 7 nitrogen and oxygen atoms in total. The van der Waals surface area contributed by atoms with E-state index in [4.69, 9.17) is 0 Å². The van der Waals surface area contributed by atoms with Crippen LogP contribution in [0.25, 0.3) is 0 Å². The highest BCUT2D eigenvalue weighted by atomic mass is 32.2. The fraction of sp³-hybridized carbons (Fsp3) is 0.375. The van der Waals surface area contributed by atoms with E-state index in [0.29, 0.717) is 5.69 Å². The summed E-state index contributed by atoms with van der Waals surface area (Å²) in [7, 11) is -4.24. The maximum absolute atomic E-state index is 14.1. The minimum Gasteiger partial charge on any atom is -0.352 e. The molecule has 0 unspecified atom stereocenters. The molecule has 1 N–H and O–H groups in total. The maximum Gasteiger partial charge on any atom is 0.264 e. The van der Waals surface area contributed by atoms with Crippen molar-refractivity contribution in [2.24, 2.45) is 0 Å². The molecule has 1 atom stereocenters. The van der Waals surface area contributed by atoms with Crippen molar-refractivity contribution in [3.8, 4) is 0 Å². The number of hydrogen-bond donors (Lipinski definition) is 1. The average Bonchev–Trinajstić information content (AvgIpc) is 2.96. The van der Waals surface area contributed by atoms with Gasteiger partial charge in [0.1, 0.15) is 18.4 Å². The van der Waals surface area contributed by atoms with Crippen molar-refractivity contribution >= 4 is 27.5 Å². The number of anilines is 1. The van der Waals surface area contributed by atoms with E-state index in [1.165, 1.54) is 17.0 Å². The minimum absolute atomic E-state index is 0.0667. The Morgan fingerprint density at radius 1 is 0.927 bits per heavy atom. The number of rotatable bonds is 10. The Morgan fingerprint density at radius 2 is 1.56 bits per heavy atom. The Balaban J connectivity index is 1.68. The topological polar surface area (TPSA) is 86.8 Å². The van der Waals surface area contributed by atoms with E-state index in [1.807, 2.05) is 38.1 Å².